The van der Waals surface area contributed by atoms with Gasteiger partial charge in [0.15, 0.2) is 0 Å². The molecule has 0 saturated carbocycles. The van der Waals surface area contributed by atoms with Crippen molar-refractivity contribution in [3.8, 4) is 0 Å². The zero-order valence-corrected chi connectivity index (χ0v) is 17.0. The smallest absolute Gasteiger partial charge is 0.282 e. The molecule has 4 heteroatoms. The zero-order valence-electron chi connectivity index (χ0n) is 16.1. The van der Waals surface area contributed by atoms with Crippen molar-refractivity contribution < 1.29 is 13.0 Å². The van der Waals surface area contributed by atoms with Gasteiger partial charge >= 0.3 is 0 Å². The van der Waals surface area contributed by atoms with Crippen molar-refractivity contribution >= 4 is 10.1 Å². The van der Waals surface area contributed by atoms with E-state index in [9.17, 15) is 8.42 Å². The van der Waals surface area contributed by atoms with Gasteiger partial charge in [-0.15, -0.1) is 0 Å². The lowest BCUT2D eigenvalue weighted by molar-refractivity contribution is 0.483. The first-order valence-electron chi connectivity index (χ1n) is 9.43. The van der Waals surface area contributed by atoms with E-state index in [2.05, 4.69) is 52.0 Å². The maximum absolute atomic E-state index is 11.2. The molecule has 0 radical (unpaired) electrons. The van der Waals surface area contributed by atoms with E-state index in [1.807, 2.05) is 0 Å². The Morgan fingerprint density at radius 1 is 0.769 bits per heavy atom. The lowest BCUT2D eigenvalue weighted by Gasteiger charge is -2.21. The van der Waals surface area contributed by atoms with Crippen LogP contribution < -0.4 is 0 Å². The summed E-state index contributed by atoms with van der Waals surface area (Å²) >= 11 is 0. The van der Waals surface area contributed by atoms with E-state index in [-0.39, 0.29) is 4.90 Å². The lowest BCUT2D eigenvalue weighted by atomic mass is 9.84. The van der Waals surface area contributed by atoms with Crippen LogP contribution in [0.5, 0.6) is 0 Å². The summed E-state index contributed by atoms with van der Waals surface area (Å²) in [5.74, 6) is 1.37. The fourth-order valence-electron chi connectivity index (χ4n) is 3.40. The van der Waals surface area contributed by atoms with Gasteiger partial charge in [0, 0.05) is 0 Å². The highest BCUT2D eigenvalue weighted by molar-refractivity contribution is 7.85. The van der Waals surface area contributed by atoms with Gasteiger partial charge in [0.25, 0.3) is 10.1 Å². The van der Waals surface area contributed by atoms with Gasteiger partial charge in [0.2, 0.25) is 0 Å². The molecular formula is C22H30O3S. The molecular weight excluding hydrogens is 344 g/mol. The molecule has 0 fully saturated rings. The van der Waals surface area contributed by atoms with Crippen molar-refractivity contribution in [3.63, 3.8) is 0 Å². The van der Waals surface area contributed by atoms with Crippen LogP contribution in [0, 0.1) is 0 Å². The average molecular weight is 375 g/mol. The van der Waals surface area contributed by atoms with Gasteiger partial charge in [-0.3, -0.25) is 4.55 Å². The van der Waals surface area contributed by atoms with E-state index < -0.39 is 10.1 Å². The van der Waals surface area contributed by atoms with Gasteiger partial charge in [-0.25, -0.2) is 0 Å². The number of benzene rings is 2. The standard InChI is InChI=1S/C22H30O3S/c1-5-16(3)19-7-9-21(10-8-19)18(6-2)15-17(4)20-11-13-22(14-12-20)26(23,24)25/h7-14,16-18H,5-6,15H2,1-4H3,(H,23,24,25). The molecule has 3 nitrogen and oxygen atoms in total. The van der Waals surface area contributed by atoms with Crippen LogP contribution in [0.25, 0.3) is 0 Å². The van der Waals surface area contributed by atoms with Crippen molar-refractivity contribution in [2.24, 2.45) is 0 Å². The first kappa shape index (κ1) is 20.7. The predicted octanol–water partition coefficient (Wildman–Crippen LogP) is 6.13. The highest BCUT2D eigenvalue weighted by atomic mass is 32.2. The van der Waals surface area contributed by atoms with E-state index in [4.69, 9.17) is 4.55 Å². The van der Waals surface area contributed by atoms with E-state index in [0.717, 1.165) is 24.8 Å². The monoisotopic (exact) mass is 374 g/mol. The molecule has 3 unspecified atom stereocenters. The number of rotatable bonds is 8. The zero-order chi connectivity index (χ0) is 19.3. The largest absolute Gasteiger partial charge is 0.294 e. The Hall–Kier alpha value is -1.65. The van der Waals surface area contributed by atoms with Crippen molar-refractivity contribution in [3.05, 3.63) is 65.2 Å². The third-order valence-corrected chi connectivity index (χ3v) is 6.34. The molecule has 3 atom stereocenters. The van der Waals surface area contributed by atoms with E-state index >= 15 is 0 Å². The van der Waals surface area contributed by atoms with Crippen LogP contribution in [-0.2, 0) is 10.1 Å². The minimum absolute atomic E-state index is 0.0545. The third-order valence-electron chi connectivity index (χ3n) is 5.47. The highest BCUT2D eigenvalue weighted by Gasteiger charge is 2.17. The Balaban J connectivity index is 2.11. The van der Waals surface area contributed by atoms with Crippen molar-refractivity contribution in [1.82, 2.24) is 0 Å². The van der Waals surface area contributed by atoms with Gasteiger partial charge in [0.05, 0.1) is 4.90 Å². The Morgan fingerprint density at radius 3 is 1.69 bits per heavy atom. The molecule has 0 heterocycles. The number of hydrogen-bond acceptors (Lipinski definition) is 2. The van der Waals surface area contributed by atoms with Crippen LogP contribution in [0.3, 0.4) is 0 Å². The summed E-state index contributed by atoms with van der Waals surface area (Å²) < 4.78 is 31.5. The van der Waals surface area contributed by atoms with Crippen LogP contribution in [0.2, 0.25) is 0 Å². The van der Waals surface area contributed by atoms with Crippen LogP contribution in [-0.4, -0.2) is 13.0 Å². The second kappa shape index (κ2) is 8.83. The fraction of sp³-hybridized carbons (Fsp3) is 0.455. The molecule has 1 N–H and O–H groups in total. The summed E-state index contributed by atoms with van der Waals surface area (Å²) in [5.41, 5.74) is 3.84. The Morgan fingerprint density at radius 2 is 1.23 bits per heavy atom. The molecule has 0 amide bonds. The van der Waals surface area contributed by atoms with Crippen LogP contribution in [0.4, 0.5) is 0 Å². The normalized spacial score (nSPS) is 15.4. The Kier molecular flexibility index (Phi) is 7.01. The van der Waals surface area contributed by atoms with Gasteiger partial charge in [-0.05, 0) is 65.8 Å². The van der Waals surface area contributed by atoms with Gasteiger partial charge in [0.1, 0.15) is 0 Å². The minimum atomic E-state index is -4.13. The molecule has 0 spiro atoms. The minimum Gasteiger partial charge on any atom is -0.282 e. The molecule has 142 valence electrons. The van der Waals surface area contributed by atoms with Gasteiger partial charge in [-0.1, -0.05) is 64.1 Å². The van der Waals surface area contributed by atoms with Crippen molar-refractivity contribution in [2.45, 2.75) is 69.6 Å². The molecule has 2 aromatic carbocycles. The molecule has 2 aromatic rings. The summed E-state index contributed by atoms with van der Waals surface area (Å²) in [4.78, 5) is -0.0545. The molecule has 0 aliphatic carbocycles. The second-order valence-corrected chi connectivity index (χ2v) is 8.68. The van der Waals surface area contributed by atoms with Crippen molar-refractivity contribution in [1.29, 1.82) is 0 Å². The summed E-state index contributed by atoms with van der Waals surface area (Å²) in [5, 5.41) is 0. The Labute approximate surface area is 158 Å². The first-order valence-corrected chi connectivity index (χ1v) is 10.9. The van der Waals surface area contributed by atoms with Crippen molar-refractivity contribution in [2.75, 3.05) is 0 Å². The first-order chi connectivity index (χ1) is 12.3. The van der Waals surface area contributed by atoms with E-state index in [1.54, 1.807) is 12.1 Å². The molecule has 2 rings (SSSR count). The van der Waals surface area contributed by atoms with Crippen LogP contribution in [0.15, 0.2) is 53.4 Å². The molecule has 0 bridgehead atoms. The van der Waals surface area contributed by atoms with Gasteiger partial charge in [-0.2, -0.15) is 8.42 Å². The summed E-state index contributed by atoms with van der Waals surface area (Å²) in [7, 11) is -4.13. The maximum Gasteiger partial charge on any atom is 0.294 e. The predicted molar refractivity (Wildman–Crippen MR) is 107 cm³/mol. The Bertz CT molecular complexity index is 792. The molecule has 0 aliphatic rings. The van der Waals surface area contributed by atoms with Crippen LogP contribution >= 0.6 is 0 Å². The molecule has 0 aromatic heterocycles. The van der Waals surface area contributed by atoms with Crippen LogP contribution in [0.1, 0.15) is 81.4 Å². The fourth-order valence-corrected chi connectivity index (χ4v) is 3.88. The van der Waals surface area contributed by atoms with Gasteiger partial charge < -0.3 is 0 Å². The lowest BCUT2D eigenvalue weighted by Crippen LogP contribution is -2.05. The molecule has 0 aliphatic heterocycles. The third kappa shape index (κ3) is 5.18. The average Bonchev–Trinajstić information content (AvgIpc) is 2.64. The summed E-state index contributed by atoms with van der Waals surface area (Å²) in [6.45, 7) is 8.84. The summed E-state index contributed by atoms with van der Waals surface area (Å²) in [6.07, 6.45) is 3.22. The van der Waals surface area contributed by atoms with E-state index in [1.165, 1.54) is 23.3 Å². The highest BCUT2D eigenvalue weighted by Crippen LogP contribution is 2.33. The summed E-state index contributed by atoms with van der Waals surface area (Å²) in [6, 6.07) is 15.5. The maximum atomic E-state index is 11.2. The second-order valence-electron chi connectivity index (χ2n) is 7.26. The number of hydrogen-bond donors (Lipinski definition) is 1. The topological polar surface area (TPSA) is 54.4 Å². The van der Waals surface area contributed by atoms with E-state index in [0.29, 0.717) is 17.8 Å². The molecule has 0 saturated heterocycles. The quantitative estimate of drug-likeness (QED) is 0.565. The SMILES string of the molecule is CCC(C)c1ccc(C(CC)CC(C)c2ccc(S(=O)(=O)O)cc2)cc1. The molecule has 26 heavy (non-hydrogen) atoms.